The van der Waals surface area contributed by atoms with E-state index >= 15 is 0 Å². The Morgan fingerprint density at radius 1 is 1.26 bits per heavy atom. The van der Waals surface area contributed by atoms with Crippen LogP contribution in [0.4, 0.5) is 0 Å². The van der Waals surface area contributed by atoms with E-state index < -0.39 is 0 Å². The maximum atomic E-state index is 12.2. The van der Waals surface area contributed by atoms with Gasteiger partial charge in [0.1, 0.15) is 5.65 Å². The van der Waals surface area contributed by atoms with Crippen molar-refractivity contribution in [2.75, 3.05) is 0 Å². The third-order valence-corrected chi connectivity index (χ3v) is 4.17. The van der Waals surface area contributed by atoms with Crippen molar-refractivity contribution >= 4 is 17.2 Å². The number of benzene rings is 1. The molecule has 0 aliphatic heterocycles. The van der Waals surface area contributed by atoms with E-state index in [0.717, 1.165) is 21.8 Å². The summed E-state index contributed by atoms with van der Waals surface area (Å²) in [6.45, 7) is 4.50. The van der Waals surface area contributed by atoms with Gasteiger partial charge < -0.3 is 5.32 Å². The van der Waals surface area contributed by atoms with Crippen LogP contribution in [0.2, 0.25) is 5.02 Å². The minimum absolute atomic E-state index is 0.0686. The number of hydrogen-bond donors (Lipinski definition) is 1. The van der Waals surface area contributed by atoms with E-state index in [-0.39, 0.29) is 11.6 Å². The first-order valence-electron chi connectivity index (χ1n) is 7.51. The lowest BCUT2D eigenvalue weighted by molar-refractivity contribution is 0.567. The molecule has 0 amide bonds. The lowest BCUT2D eigenvalue weighted by atomic mass is 10.1. The summed E-state index contributed by atoms with van der Waals surface area (Å²) >= 11 is 6.21. The Bertz CT molecular complexity index is 904. The smallest absolute Gasteiger partial charge is 0.258 e. The number of aryl methyl sites for hydroxylation is 1. The zero-order valence-electron chi connectivity index (χ0n) is 13.1. The van der Waals surface area contributed by atoms with Crippen LogP contribution in [0.25, 0.3) is 5.65 Å². The molecule has 23 heavy (non-hydrogen) atoms. The van der Waals surface area contributed by atoms with Crippen molar-refractivity contribution in [3.05, 3.63) is 80.9 Å². The molecule has 2 aromatic heterocycles. The molecule has 0 saturated heterocycles. The molecule has 0 bridgehead atoms. The minimum Gasteiger partial charge on any atom is -0.305 e. The van der Waals surface area contributed by atoms with E-state index in [1.165, 1.54) is 0 Å². The predicted molar refractivity (Wildman–Crippen MR) is 92.9 cm³/mol. The summed E-state index contributed by atoms with van der Waals surface area (Å²) in [4.78, 5) is 16.7. The number of nitrogens with zero attached hydrogens (tertiary/aromatic N) is 2. The first kappa shape index (κ1) is 15.7. The maximum Gasteiger partial charge on any atom is 0.258 e. The summed E-state index contributed by atoms with van der Waals surface area (Å²) in [5.41, 5.74) is 3.37. The number of pyridine rings is 1. The summed E-state index contributed by atoms with van der Waals surface area (Å²) in [7, 11) is 0. The van der Waals surface area contributed by atoms with Crippen molar-refractivity contribution in [3.63, 3.8) is 0 Å². The summed E-state index contributed by atoms with van der Waals surface area (Å²) in [6, 6.07) is 13.2. The Labute approximate surface area is 139 Å². The average Bonchev–Trinajstić information content (AvgIpc) is 2.54. The zero-order chi connectivity index (χ0) is 16.4. The molecule has 4 nitrogen and oxygen atoms in total. The molecule has 118 valence electrons. The Hall–Kier alpha value is -2.17. The number of rotatable bonds is 4. The highest BCUT2D eigenvalue weighted by Gasteiger charge is 2.09. The van der Waals surface area contributed by atoms with E-state index in [1.807, 2.05) is 50.2 Å². The Kier molecular flexibility index (Phi) is 4.46. The van der Waals surface area contributed by atoms with Crippen LogP contribution in [0.5, 0.6) is 0 Å². The Morgan fingerprint density at radius 3 is 2.83 bits per heavy atom. The van der Waals surface area contributed by atoms with Gasteiger partial charge in [0, 0.05) is 29.9 Å². The number of halogens is 1. The van der Waals surface area contributed by atoms with Gasteiger partial charge in [0.25, 0.3) is 5.56 Å². The normalized spacial score (nSPS) is 12.5. The number of hydrogen-bond acceptors (Lipinski definition) is 3. The highest BCUT2D eigenvalue weighted by atomic mass is 35.5. The van der Waals surface area contributed by atoms with Gasteiger partial charge >= 0.3 is 0 Å². The van der Waals surface area contributed by atoms with Gasteiger partial charge in [0.2, 0.25) is 0 Å². The standard InChI is InChI=1S/C18H18ClN3O/c1-12-7-8-17-21-14(9-18(23)22(17)11-12)10-20-13(2)15-5-3-4-6-16(15)19/h3-9,11,13,20H,10H2,1-2H3. The van der Waals surface area contributed by atoms with Gasteiger partial charge in [0.05, 0.1) is 5.69 Å². The molecule has 0 aliphatic carbocycles. The molecule has 5 heteroatoms. The molecule has 1 atom stereocenters. The zero-order valence-corrected chi connectivity index (χ0v) is 13.8. The van der Waals surface area contributed by atoms with Crippen LogP contribution in [-0.2, 0) is 6.54 Å². The minimum atomic E-state index is -0.0686. The topological polar surface area (TPSA) is 46.4 Å². The molecule has 3 rings (SSSR count). The Balaban J connectivity index is 1.81. The van der Waals surface area contributed by atoms with Crippen molar-refractivity contribution in [2.24, 2.45) is 0 Å². The molecule has 0 spiro atoms. The molecule has 1 aromatic carbocycles. The van der Waals surface area contributed by atoms with Crippen molar-refractivity contribution < 1.29 is 0 Å². The molecule has 0 aliphatic rings. The quantitative estimate of drug-likeness (QED) is 0.797. The van der Waals surface area contributed by atoms with Gasteiger partial charge in [-0.05, 0) is 37.1 Å². The fourth-order valence-corrected chi connectivity index (χ4v) is 2.84. The predicted octanol–water partition coefficient (Wildman–Crippen LogP) is 3.51. The van der Waals surface area contributed by atoms with Crippen LogP contribution in [0.15, 0.2) is 53.5 Å². The highest BCUT2D eigenvalue weighted by Crippen LogP contribution is 2.22. The lowest BCUT2D eigenvalue weighted by Gasteiger charge is -2.15. The van der Waals surface area contributed by atoms with E-state index in [0.29, 0.717) is 12.2 Å². The second-order valence-electron chi connectivity index (χ2n) is 5.64. The van der Waals surface area contributed by atoms with Gasteiger partial charge in [-0.3, -0.25) is 9.20 Å². The molecule has 0 radical (unpaired) electrons. The summed E-state index contributed by atoms with van der Waals surface area (Å²) < 4.78 is 1.57. The molecule has 0 saturated carbocycles. The van der Waals surface area contributed by atoms with Gasteiger partial charge in [-0.15, -0.1) is 0 Å². The number of aromatic nitrogens is 2. The van der Waals surface area contributed by atoms with Gasteiger partial charge in [-0.25, -0.2) is 4.98 Å². The van der Waals surface area contributed by atoms with E-state index in [9.17, 15) is 4.79 Å². The monoisotopic (exact) mass is 327 g/mol. The van der Waals surface area contributed by atoms with Crippen molar-refractivity contribution in [3.8, 4) is 0 Å². The summed E-state index contributed by atoms with van der Waals surface area (Å²) in [6.07, 6.45) is 1.80. The number of nitrogens with one attached hydrogen (secondary N) is 1. The summed E-state index contributed by atoms with van der Waals surface area (Å²) in [5.74, 6) is 0. The summed E-state index contributed by atoms with van der Waals surface area (Å²) in [5, 5.41) is 4.10. The van der Waals surface area contributed by atoms with Crippen LogP contribution in [-0.4, -0.2) is 9.38 Å². The molecular formula is C18H18ClN3O. The fourth-order valence-electron chi connectivity index (χ4n) is 2.54. The Morgan fingerprint density at radius 2 is 2.04 bits per heavy atom. The van der Waals surface area contributed by atoms with Crippen molar-refractivity contribution in [2.45, 2.75) is 26.4 Å². The third-order valence-electron chi connectivity index (χ3n) is 3.82. The third kappa shape index (κ3) is 3.44. The van der Waals surface area contributed by atoms with Gasteiger partial charge in [0.15, 0.2) is 0 Å². The molecule has 2 heterocycles. The second-order valence-corrected chi connectivity index (χ2v) is 6.05. The number of fused-ring (bicyclic) bond motifs is 1. The van der Waals surface area contributed by atoms with Gasteiger partial charge in [-0.2, -0.15) is 0 Å². The van der Waals surface area contributed by atoms with Crippen molar-refractivity contribution in [1.82, 2.24) is 14.7 Å². The largest absolute Gasteiger partial charge is 0.305 e. The first-order valence-corrected chi connectivity index (χ1v) is 7.89. The van der Waals surface area contributed by atoms with E-state index in [1.54, 1.807) is 16.7 Å². The molecule has 1 unspecified atom stereocenters. The van der Waals surface area contributed by atoms with Gasteiger partial charge in [-0.1, -0.05) is 35.9 Å². The maximum absolute atomic E-state index is 12.2. The fraction of sp³-hybridized carbons (Fsp3) is 0.222. The van der Waals surface area contributed by atoms with Crippen LogP contribution >= 0.6 is 11.6 Å². The van der Waals surface area contributed by atoms with Crippen molar-refractivity contribution in [1.29, 1.82) is 0 Å². The molecule has 3 aromatic rings. The van der Waals surface area contributed by atoms with E-state index in [2.05, 4.69) is 10.3 Å². The lowest BCUT2D eigenvalue weighted by Crippen LogP contribution is -2.22. The van der Waals surface area contributed by atoms with Crippen LogP contribution in [0.3, 0.4) is 0 Å². The average molecular weight is 328 g/mol. The highest BCUT2D eigenvalue weighted by molar-refractivity contribution is 6.31. The molecular weight excluding hydrogens is 310 g/mol. The molecule has 1 N–H and O–H groups in total. The molecule has 0 fully saturated rings. The van der Waals surface area contributed by atoms with Crippen LogP contribution < -0.4 is 10.9 Å². The van der Waals surface area contributed by atoms with E-state index in [4.69, 9.17) is 11.6 Å². The SMILES string of the molecule is Cc1ccc2nc(CNC(C)c3ccccc3Cl)cc(=O)n2c1. The van der Waals surface area contributed by atoms with Crippen LogP contribution in [0.1, 0.15) is 29.8 Å². The van der Waals surface area contributed by atoms with Crippen LogP contribution in [0, 0.1) is 6.92 Å². The second kappa shape index (κ2) is 6.52. The first-order chi connectivity index (χ1) is 11.0.